The molecule has 2 heterocycles. The molecule has 1 aromatic carbocycles. The van der Waals surface area contributed by atoms with Gasteiger partial charge in [0, 0.05) is 62.8 Å². The highest BCUT2D eigenvalue weighted by molar-refractivity contribution is 7.98. The van der Waals surface area contributed by atoms with Gasteiger partial charge in [0.05, 0.1) is 13.2 Å². The molecule has 0 atom stereocenters. The first-order valence-electron chi connectivity index (χ1n) is 11.5. The molecule has 0 spiro atoms. The van der Waals surface area contributed by atoms with Gasteiger partial charge >= 0.3 is 0 Å². The Labute approximate surface area is 195 Å². The van der Waals surface area contributed by atoms with Gasteiger partial charge in [0.25, 0.3) is 5.91 Å². The van der Waals surface area contributed by atoms with Gasteiger partial charge in [-0.15, -0.1) is 0 Å². The SMILES string of the molecule is CCCN(C)c1cc(CC)nc(SCc2cccc(C(=O)NCCN3CCOCC3)c2)n1. The third kappa shape index (κ3) is 7.46. The van der Waals surface area contributed by atoms with Gasteiger partial charge in [0.1, 0.15) is 5.82 Å². The molecule has 1 aliphatic rings. The number of amides is 1. The van der Waals surface area contributed by atoms with Crippen molar-refractivity contribution in [3.63, 3.8) is 0 Å². The smallest absolute Gasteiger partial charge is 0.251 e. The lowest BCUT2D eigenvalue weighted by Gasteiger charge is -2.26. The largest absolute Gasteiger partial charge is 0.379 e. The summed E-state index contributed by atoms with van der Waals surface area (Å²) in [4.78, 5) is 26.5. The van der Waals surface area contributed by atoms with Crippen molar-refractivity contribution in [2.45, 2.75) is 37.6 Å². The van der Waals surface area contributed by atoms with Crippen molar-refractivity contribution in [3.05, 3.63) is 47.2 Å². The Morgan fingerprint density at radius 3 is 2.78 bits per heavy atom. The van der Waals surface area contributed by atoms with Gasteiger partial charge in [-0.05, 0) is 30.5 Å². The molecule has 0 unspecified atom stereocenters. The number of hydrogen-bond donors (Lipinski definition) is 1. The molecule has 8 heteroatoms. The minimum atomic E-state index is -0.0298. The van der Waals surface area contributed by atoms with E-state index in [1.807, 2.05) is 24.3 Å². The maximum absolute atomic E-state index is 12.6. The molecule has 0 radical (unpaired) electrons. The summed E-state index contributed by atoms with van der Waals surface area (Å²) >= 11 is 1.61. The third-order valence-corrected chi connectivity index (χ3v) is 6.35. The first-order valence-corrected chi connectivity index (χ1v) is 12.5. The average Bonchev–Trinajstić information content (AvgIpc) is 2.83. The van der Waals surface area contributed by atoms with E-state index in [2.05, 4.69) is 47.1 Å². The molecule has 0 saturated carbocycles. The van der Waals surface area contributed by atoms with Crippen LogP contribution in [-0.2, 0) is 16.9 Å². The Kier molecular flexibility index (Phi) is 9.77. The van der Waals surface area contributed by atoms with Crippen LogP contribution >= 0.6 is 11.8 Å². The van der Waals surface area contributed by atoms with E-state index in [0.29, 0.717) is 12.1 Å². The van der Waals surface area contributed by atoms with Crippen molar-refractivity contribution in [2.75, 3.05) is 57.9 Å². The fraction of sp³-hybridized carbons (Fsp3) is 0.542. The number of aryl methyl sites for hydroxylation is 1. The summed E-state index contributed by atoms with van der Waals surface area (Å²) in [5, 5.41) is 3.82. The van der Waals surface area contributed by atoms with Crippen molar-refractivity contribution >= 4 is 23.5 Å². The molecular formula is C24H35N5O2S. The lowest BCUT2D eigenvalue weighted by Crippen LogP contribution is -2.41. The quantitative estimate of drug-likeness (QED) is 0.410. The number of benzene rings is 1. The fourth-order valence-electron chi connectivity index (χ4n) is 3.56. The van der Waals surface area contributed by atoms with Crippen LogP contribution in [0.3, 0.4) is 0 Å². The summed E-state index contributed by atoms with van der Waals surface area (Å²) in [5.41, 5.74) is 2.83. The molecule has 2 aromatic rings. The fourth-order valence-corrected chi connectivity index (χ4v) is 4.37. The van der Waals surface area contributed by atoms with Gasteiger partial charge in [-0.2, -0.15) is 0 Å². The second-order valence-corrected chi connectivity index (χ2v) is 8.92. The van der Waals surface area contributed by atoms with Crippen molar-refractivity contribution in [3.8, 4) is 0 Å². The molecule has 0 aliphatic carbocycles. The van der Waals surface area contributed by atoms with Crippen LogP contribution < -0.4 is 10.2 Å². The number of morpholine rings is 1. The van der Waals surface area contributed by atoms with Crippen LogP contribution in [0.1, 0.15) is 41.9 Å². The molecule has 1 saturated heterocycles. The van der Waals surface area contributed by atoms with Crippen molar-refractivity contribution in [1.82, 2.24) is 20.2 Å². The van der Waals surface area contributed by atoms with Gasteiger partial charge in [-0.3, -0.25) is 9.69 Å². The van der Waals surface area contributed by atoms with Crippen LogP contribution in [0.5, 0.6) is 0 Å². The summed E-state index contributed by atoms with van der Waals surface area (Å²) < 4.78 is 5.36. The van der Waals surface area contributed by atoms with Gasteiger partial charge in [0.2, 0.25) is 0 Å². The normalized spacial score (nSPS) is 14.3. The number of anilines is 1. The number of rotatable bonds is 11. The highest BCUT2D eigenvalue weighted by Gasteiger charge is 2.12. The van der Waals surface area contributed by atoms with E-state index in [-0.39, 0.29) is 5.91 Å². The lowest BCUT2D eigenvalue weighted by atomic mass is 10.1. The van der Waals surface area contributed by atoms with Crippen LogP contribution in [0.4, 0.5) is 5.82 Å². The topological polar surface area (TPSA) is 70.6 Å². The van der Waals surface area contributed by atoms with E-state index >= 15 is 0 Å². The first-order chi connectivity index (χ1) is 15.6. The molecule has 1 fully saturated rings. The second kappa shape index (κ2) is 12.8. The summed E-state index contributed by atoms with van der Waals surface area (Å²) in [6.45, 7) is 10.1. The number of hydrogen-bond acceptors (Lipinski definition) is 7. The number of ether oxygens (including phenoxy) is 1. The molecule has 0 bridgehead atoms. The van der Waals surface area contributed by atoms with Crippen LogP contribution in [-0.4, -0.2) is 73.8 Å². The maximum atomic E-state index is 12.6. The number of carbonyl (C=O) groups is 1. The predicted molar refractivity (Wildman–Crippen MR) is 131 cm³/mol. The van der Waals surface area contributed by atoms with E-state index in [1.165, 1.54) is 0 Å². The van der Waals surface area contributed by atoms with E-state index in [1.54, 1.807) is 11.8 Å². The zero-order valence-electron chi connectivity index (χ0n) is 19.5. The highest BCUT2D eigenvalue weighted by atomic mass is 32.2. The molecule has 32 heavy (non-hydrogen) atoms. The number of aromatic nitrogens is 2. The second-order valence-electron chi connectivity index (χ2n) is 7.97. The monoisotopic (exact) mass is 457 g/mol. The van der Waals surface area contributed by atoms with E-state index in [0.717, 1.165) is 80.2 Å². The molecular weight excluding hydrogens is 422 g/mol. The molecule has 1 N–H and O–H groups in total. The van der Waals surface area contributed by atoms with Crippen molar-refractivity contribution in [1.29, 1.82) is 0 Å². The van der Waals surface area contributed by atoms with E-state index in [9.17, 15) is 4.79 Å². The van der Waals surface area contributed by atoms with Gasteiger partial charge in [0.15, 0.2) is 5.16 Å². The van der Waals surface area contributed by atoms with Gasteiger partial charge < -0.3 is 15.0 Å². The van der Waals surface area contributed by atoms with E-state index < -0.39 is 0 Å². The van der Waals surface area contributed by atoms with Crippen LogP contribution in [0.15, 0.2) is 35.5 Å². The Bertz CT molecular complexity index is 873. The number of nitrogens with one attached hydrogen (secondary N) is 1. The Morgan fingerprint density at radius 1 is 1.22 bits per heavy atom. The Hall–Kier alpha value is -2.16. The third-order valence-electron chi connectivity index (χ3n) is 5.43. The zero-order chi connectivity index (χ0) is 22.8. The Morgan fingerprint density at radius 2 is 2.03 bits per heavy atom. The molecule has 1 amide bonds. The summed E-state index contributed by atoms with van der Waals surface area (Å²) in [6.07, 6.45) is 1.95. The van der Waals surface area contributed by atoms with Crippen molar-refractivity contribution < 1.29 is 9.53 Å². The van der Waals surface area contributed by atoms with Crippen molar-refractivity contribution in [2.24, 2.45) is 0 Å². The summed E-state index contributed by atoms with van der Waals surface area (Å²) in [5.74, 6) is 1.66. The average molecular weight is 458 g/mol. The summed E-state index contributed by atoms with van der Waals surface area (Å²) in [7, 11) is 2.07. The molecule has 3 rings (SSSR count). The minimum Gasteiger partial charge on any atom is -0.379 e. The standard InChI is InChI=1S/C24H35N5O2S/c1-4-10-28(3)22-17-21(5-2)26-24(27-22)32-18-19-7-6-8-20(16-19)23(30)25-9-11-29-12-14-31-15-13-29/h6-8,16-17H,4-5,9-15,18H2,1-3H3,(H,25,30). The van der Waals surface area contributed by atoms with Crippen LogP contribution in [0.2, 0.25) is 0 Å². The molecule has 1 aliphatic heterocycles. The highest BCUT2D eigenvalue weighted by Crippen LogP contribution is 2.23. The molecule has 1 aromatic heterocycles. The van der Waals surface area contributed by atoms with Gasteiger partial charge in [-0.25, -0.2) is 9.97 Å². The Balaban J connectivity index is 1.56. The summed E-state index contributed by atoms with van der Waals surface area (Å²) in [6, 6.07) is 9.89. The van der Waals surface area contributed by atoms with Crippen LogP contribution in [0, 0.1) is 0 Å². The maximum Gasteiger partial charge on any atom is 0.251 e. The molecule has 7 nitrogen and oxygen atoms in total. The predicted octanol–water partition coefficient (Wildman–Crippen LogP) is 3.24. The zero-order valence-corrected chi connectivity index (χ0v) is 20.3. The first kappa shape index (κ1) is 24.5. The minimum absolute atomic E-state index is 0.0298. The van der Waals surface area contributed by atoms with Crippen LogP contribution in [0.25, 0.3) is 0 Å². The number of thioether (sulfide) groups is 1. The lowest BCUT2D eigenvalue weighted by molar-refractivity contribution is 0.0383. The van der Waals surface area contributed by atoms with Gasteiger partial charge in [-0.1, -0.05) is 37.7 Å². The number of carbonyl (C=O) groups excluding carboxylic acids is 1. The van der Waals surface area contributed by atoms with E-state index in [4.69, 9.17) is 9.72 Å². The number of nitrogens with zero attached hydrogens (tertiary/aromatic N) is 4. The molecule has 174 valence electrons.